The van der Waals surface area contributed by atoms with Crippen molar-refractivity contribution in [3.8, 4) is 5.75 Å². The summed E-state index contributed by atoms with van der Waals surface area (Å²) in [5.74, 6) is 0.934. The molecule has 96 valence electrons. The molecule has 2 aromatic rings. The van der Waals surface area contributed by atoms with Crippen molar-refractivity contribution < 1.29 is 9.53 Å². The van der Waals surface area contributed by atoms with E-state index in [-0.39, 0.29) is 5.91 Å². The normalized spacial score (nSPS) is 10.6. The first-order valence-electron chi connectivity index (χ1n) is 6.15. The van der Waals surface area contributed by atoms with Crippen LogP contribution in [0.1, 0.15) is 18.9 Å². The number of methoxy groups -OCH3 is 1. The van der Waals surface area contributed by atoms with E-state index in [4.69, 9.17) is 4.74 Å². The van der Waals surface area contributed by atoms with Crippen molar-refractivity contribution >= 4 is 11.4 Å². The lowest BCUT2D eigenvalue weighted by Gasteiger charge is -2.04. The van der Waals surface area contributed by atoms with E-state index in [1.807, 2.05) is 35.9 Å². The van der Waals surface area contributed by atoms with Crippen LogP contribution in [0.25, 0.3) is 5.52 Å². The highest BCUT2D eigenvalue weighted by molar-refractivity contribution is 5.75. The van der Waals surface area contributed by atoms with E-state index in [0.717, 1.165) is 17.7 Å². The summed E-state index contributed by atoms with van der Waals surface area (Å²) in [7, 11) is 1.66. The SMILES string of the molecule is CCC(=O)NCCc1ccn2cc(OC)ccc12. The van der Waals surface area contributed by atoms with E-state index in [1.54, 1.807) is 7.11 Å². The highest BCUT2D eigenvalue weighted by Crippen LogP contribution is 2.17. The molecule has 0 saturated heterocycles. The van der Waals surface area contributed by atoms with Gasteiger partial charge < -0.3 is 14.5 Å². The van der Waals surface area contributed by atoms with Crippen LogP contribution in [0.15, 0.2) is 30.6 Å². The average Bonchev–Trinajstić information content (AvgIpc) is 2.81. The van der Waals surface area contributed by atoms with Gasteiger partial charge in [0, 0.05) is 24.7 Å². The monoisotopic (exact) mass is 246 g/mol. The van der Waals surface area contributed by atoms with Gasteiger partial charge in [0.2, 0.25) is 5.91 Å². The number of rotatable bonds is 5. The summed E-state index contributed by atoms with van der Waals surface area (Å²) in [4.78, 5) is 11.2. The van der Waals surface area contributed by atoms with Gasteiger partial charge in [-0.25, -0.2) is 0 Å². The Hall–Kier alpha value is -1.97. The third kappa shape index (κ3) is 2.64. The molecule has 4 heteroatoms. The Morgan fingerprint density at radius 2 is 2.22 bits per heavy atom. The molecule has 18 heavy (non-hydrogen) atoms. The highest BCUT2D eigenvalue weighted by atomic mass is 16.5. The third-order valence-electron chi connectivity index (χ3n) is 2.99. The first kappa shape index (κ1) is 12.5. The number of carbonyl (C=O) groups excluding carboxylic acids is 1. The van der Waals surface area contributed by atoms with Crippen molar-refractivity contribution in [3.63, 3.8) is 0 Å². The van der Waals surface area contributed by atoms with Crippen LogP contribution >= 0.6 is 0 Å². The number of hydrogen-bond acceptors (Lipinski definition) is 2. The van der Waals surface area contributed by atoms with Crippen molar-refractivity contribution in [2.24, 2.45) is 0 Å². The zero-order valence-corrected chi connectivity index (χ0v) is 10.8. The second-order valence-electron chi connectivity index (χ2n) is 4.16. The van der Waals surface area contributed by atoms with E-state index in [2.05, 4.69) is 11.4 Å². The molecule has 0 unspecified atom stereocenters. The van der Waals surface area contributed by atoms with Crippen LogP contribution in [0.4, 0.5) is 0 Å². The lowest BCUT2D eigenvalue weighted by molar-refractivity contribution is -0.120. The Kier molecular flexibility index (Phi) is 3.87. The van der Waals surface area contributed by atoms with Crippen molar-refractivity contribution in [1.29, 1.82) is 0 Å². The Labute approximate surface area is 107 Å². The largest absolute Gasteiger partial charge is 0.495 e. The van der Waals surface area contributed by atoms with Crippen LogP contribution in [0.2, 0.25) is 0 Å². The molecular weight excluding hydrogens is 228 g/mol. The van der Waals surface area contributed by atoms with Crippen molar-refractivity contribution in [1.82, 2.24) is 9.72 Å². The molecule has 1 N–H and O–H groups in total. The predicted molar refractivity (Wildman–Crippen MR) is 71.0 cm³/mol. The number of ether oxygens (including phenoxy) is 1. The summed E-state index contributed by atoms with van der Waals surface area (Å²) in [6, 6.07) is 6.06. The molecule has 1 amide bonds. The van der Waals surface area contributed by atoms with Gasteiger partial charge in [-0.1, -0.05) is 6.92 Å². The molecular formula is C14H18N2O2. The van der Waals surface area contributed by atoms with Gasteiger partial charge >= 0.3 is 0 Å². The molecule has 2 aromatic heterocycles. The molecule has 0 fully saturated rings. The summed E-state index contributed by atoms with van der Waals surface area (Å²) in [5.41, 5.74) is 2.38. The maximum absolute atomic E-state index is 11.2. The quantitative estimate of drug-likeness (QED) is 0.877. The first-order valence-corrected chi connectivity index (χ1v) is 6.15. The number of aromatic nitrogens is 1. The Morgan fingerprint density at radius 1 is 1.39 bits per heavy atom. The fourth-order valence-corrected chi connectivity index (χ4v) is 1.94. The van der Waals surface area contributed by atoms with Gasteiger partial charge in [-0.05, 0) is 30.2 Å². The molecule has 0 saturated carbocycles. The number of amides is 1. The summed E-state index contributed by atoms with van der Waals surface area (Å²) in [5, 5.41) is 2.88. The summed E-state index contributed by atoms with van der Waals surface area (Å²) in [6.07, 6.45) is 5.33. The number of nitrogens with zero attached hydrogens (tertiary/aromatic N) is 1. The van der Waals surface area contributed by atoms with Gasteiger partial charge in [-0.2, -0.15) is 0 Å². The van der Waals surface area contributed by atoms with Gasteiger partial charge in [0.15, 0.2) is 0 Å². The van der Waals surface area contributed by atoms with E-state index in [9.17, 15) is 4.79 Å². The maximum atomic E-state index is 11.2. The molecule has 0 aliphatic carbocycles. The second-order valence-corrected chi connectivity index (χ2v) is 4.16. The molecule has 0 aromatic carbocycles. The molecule has 2 rings (SSSR count). The van der Waals surface area contributed by atoms with Crippen LogP contribution in [0.5, 0.6) is 5.75 Å². The van der Waals surface area contributed by atoms with E-state index in [0.29, 0.717) is 13.0 Å². The average molecular weight is 246 g/mol. The lowest BCUT2D eigenvalue weighted by Crippen LogP contribution is -2.24. The zero-order chi connectivity index (χ0) is 13.0. The molecule has 0 spiro atoms. The van der Waals surface area contributed by atoms with Crippen molar-refractivity contribution in [2.45, 2.75) is 19.8 Å². The van der Waals surface area contributed by atoms with Crippen molar-refractivity contribution in [2.75, 3.05) is 13.7 Å². The number of fused-ring (bicyclic) bond motifs is 1. The van der Waals surface area contributed by atoms with Gasteiger partial charge in [-0.3, -0.25) is 4.79 Å². The third-order valence-corrected chi connectivity index (χ3v) is 2.99. The van der Waals surface area contributed by atoms with Crippen LogP contribution in [0.3, 0.4) is 0 Å². The molecule has 2 heterocycles. The van der Waals surface area contributed by atoms with Gasteiger partial charge in [-0.15, -0.1) is 0 Å². The van der Waals surface area contributed by atoms with Crippen molar-refractivity contribution in [3.05, 3.63) is 36.2 Å². The Morgan fingerprint density at radius 3 is 2.94 bits per heavy atom. The van der Waals surface area contributed by atoms with Crippen LogP contribution in [-0.2, 0) is 11.2 Å². The zero-order valence-electron chi connectivity index (χ0n) is 10.8. The molecule has 0 radical (unpaired) electrons. The fourth-order valence-electron chi connectivity index (χ4n) is 1.94. The molecule has 0 atom stereocenters. The summed E-state index contributed by atoms with van der Waals surface area (Å²) < 4.78 is 7.22. The molecule has 0 bridgehead atoms. The highest BCUT2D eigenvalue weighted by Gasteiger charge is 2.04. The molecule has 4 nitrogen and oxygen atoms in total. The summed E-state index contributed by atoms with van der Waals surface area (Å²) in [6.45, 7) is 2.54. The number of pyridine rings is 1. The van der Waals surface area contributed by atoms with Gasteiger partial charge in [0.1, 0.15) is 5.75 Å². The lowest BCUT2D eigenvalue weighted by atomic mass is 10.2. The van der Waals surface area contributed by atoms with Crippen LogP contribution < -0.4 is 10.1 Å². The summed E-state index contributed by atoms with van der Waals surface area (Å²) >= 11 is 0. The van der Waals surface area contributed by atoms with E-state index < -0.39 is 0 Å². The minimum Gasteiger partial charge on any atom is -0.495 e. The van der Waals surface area contributed by atoms with E-state index >= 15 is 0 Å². The number of nitrogens with one attached hydrogen (secondary N) is 1. The smallest absolute Gasteiger partial charge is 0.219 e. The van der Waals surface area contributed by atoms with Gasteiger partial charge in [0.25, 0.3) is 0 Å². The maximum Gasteiger partial charge on any atom is 0.219 e. The molecule has 0 aliphatic heterocycles. The van der Waals surface area contributed by atoms with Crippen LogP contribution in [0, 0.1) is 0 Å². The minimum absolute atomic E-state index is 0.0974. The first-order chi connectivity index (χ1) is 8.74. The van der Waals surface area contributed by atoms with E-state index in [1.165, 1.54) is 5.56 Å². The predicted octanol–water partition coefficient (Wildman–Crippen LogP) is 2.02. The van der Waals surface area contributed by atoms with Gasteiger partial charge in [0.05, 0.1) is 13.3 Å². The fraction of sp³-hybridized carbons (Fsp3) is 0.357. The minimum atomic E-state index is 0.0974. The standard InChI is InChI=1S/C14H18N2O2/c1-3-14(17)15-8-6-11-7-9-16-10-12(18-2)4-5-13(11)16/h4-5,7,9-10H,3,6,8H2,1-2H3,(H,15,17). The molecule has 0 aliphatic rings. The van der Waals surface area contributed by atoms with Crippen LogP contribution in [-0.4, -0.2) is 24.0 Å². The number of hydrogen-bond donors (Lipinski definition) is 1. The number of carbonyl (C=O) groups is 1. The second kappa shape index (κ2) is 5.58. The Bertz CT molecular complexity index is 546. The Balaban J connectivity index is 2.07. The topological polar surface area (TPSA) is 42.7 Å².